The molecule has 0 saturated heterocycles. The van der Waals surface area contributed by atoms with Gasteiger partial charge in [0.05, 0.1) is 29.2 Å². The molecule has 0 bridgehead atoms. The normalized spacial score (nSPS) is 11.9. The summed E-state index contributed by atoms with van der Waals surface area (Å²) in [6.45, 7) is 7.76. The summed E-state index contributed by atoms with van der Waals surface area (Å²) >= 11 is 3.40. The van der Waals surface area contributed by atoms with Gasteiger partial charge in [-0.15, -0.1) is 0 Å². The van der Waals surface area contributed by atoms with Crippen LogP contribution in [0.3, 0.4) is 0 Å². The highest BCUT2D eigenvalue weighted by Gasteiger charge is 2.15. The lowest BCUT2D eigenvalue weighted by Gasteiger charge is -2.17. The van der Waals surface area contributed by atoms with E-state index in [1.807, 2.05) is 82.3 Å². The number of carbonyl (C=O) groups excluding carboxylic acids is 1. The Kier molecular flexibility index (Phi) is 7.24. The molecule has 0 aliphatic heterocycles. The van der Waals surface area contributed by atoms with E-state index >= 15 is 0 Å². The zero-order valence-corrected chi connectivity index (χ0v) is 19.1. The van der Waals surface area contributed by atoms with Crippen molar-refractivity contribution in [3.05, 3.63) is 82.1 Å². The van der Waals surface area contributed by atoms with E-state index in [1.54, 1.807) is 6.07 Å². The van der Waals surface area contributed by atoms with Crippen molar-refractivity contribution < 1.29 is 14.3 Å². The van der Waals surface area contributed by atoms with Gasteiger partial charge >= 0.3 is 0 Å². The van der Waals surface area contributed by atoms with Crippen LogP contribution in [0.25, 0.3) is 0 Å². The Morgan fingerprint density at radius 1 is 0.933 bits per heavy atom. The van der Waals surface area contributed by atoms with Gasteiger partial charge in [0.25, 0.3) is 5.91 Å². The Balaban J connectivity index is 1.64. The van der Waals surface area contributed by atoms with E-state index < -0.39 is 0 Å². The minimum Gasteiger partial charge on any atom is -0.457 e. The molecule has 3 rings (SSSR count). The lowest BCUT2D eigenvalue weighted by Crippen LogP contribution is -2.16. The number of amides is 1. The molecule has 3 aromatic rings. The van der Waals surface area contributed by atoms with Crippen LogP contribution in [0.1, 0.15) is 48.6 Å². The zero-order chi connectivity index (χ0) is 21.7. The second kappa shape index (κ2) is 9.87. The highest BCUT2D eigenvalue weighted by molar-refractivity contribution is 9.10. The molecule has 1 N–H and O–H groups in total. The first-order chi connectivity index (χ1) is 14.3. The molecule has 1 aromatic heterocycles. The number of aryl methyl sites for hydroxylation is 1. The number of carbonyl (C=O) groups is 1. The van der Waals surface area contributed by atoms with Crippen LogP contribution in [-0.4, -0.2) is 17.0 Å². The standard InChI is InChI=1S/C24H25BrN2O3/c1-15(2)29-17(4)23-14-13-22(16(3)26-23)24(28)27-19-7-11-21(12-8-19)30-20-9-5-18(25)6-10-20/h5-15,17H,1-4H3,(H,27,28). The summed E-state index contributed by atoms with van der Waals surface area (Å²) in [5.74, 6) is 1.23. The van der Waals surface area contributed by atoms with Crippen molar-refractivity contribution in [1.29, 1.82) is 0 Å². The Bertz CT molecular complexity index is 1000. The molecule has 6 heteroatoms. The first-order valence-electron chi connectivity index (χ1n) is 9.79. The lowest BCUT2D eigenvalue weighted by molar-refractivity contribution is 0.0154. The number of hydrogen-bond acceptors (Lipinski definition) is 4. The van der Waals surface area contributed by atoms with Gasteiger partial charge in [-0.1, -0.05) is 15.9 Å². The molecule has 2 aromatic carbocycles. The second-order valence-corrected chi connectivity index (χ2v) is 8.15. The molecule has 1 heterocycles. The fourth-order valence-corrected chi connectivity index (χ4v) is 3.23. The molecule has 1 amide bonds. The minimum atomic E-state index is -0.203. The number of anilines is 1. The van der Waals surface area contributed by atoms with E-state index in [-0.39, 0.29) is 18.1 Å². The predicted molar refractivity (Wildman–Crippen MR) is 122 cm³/mol. The van der Waals surface area contributed by atoms with Gasteiger partial charge in [0, 0.05) is 10.2 Å². The van der Waals surface area contributed by atoms with Crippen molar-refractivity contribution in [3.63, 3.8) is 0 Å². The van der Waals surface area contributed by atoms with Crippen LogP contribution in [-0.2, 0) is 4.74 Å². The van der Waals surface area contributed by atoms with Gasteiger partial charge in [-0.25, -0.2) is 0 Å². The van der Waals surface area contributed by atoms with E-state index in [2.05, 4.69) is 26.2 Å². The number of benzene rings is 2. The van der Waals surface area contributed by atoms with Crippen molar-refractivity contribution in [2.75, 3.05) is 5.32 Å². The van der Waals surface area contributed by atoms with Crippen molar-refractivity contribution in [2.45, 2.75) is 39.9 Å². The van der Waals surface area contributed by atoms with Crippen molar-refractivity contribution in [2.24, 2.45) is 0 Å². The monoisotopic (exact) mass is 468 g/mol. The second-order valence-electron chi connectivity index (χ2n) is 7.23. The number of pyridine rings is 1. The van der Waals surface area contributed by atoms with Crippen LogP contribution in [0.4, 0.5) is 5.69 Å². The fourth-order valence-electron chi connectivity index (χ4n) is 2.97. The Labute approximate surface area is 185 Å². The number of halogens is 1. The van der Waals surface area contributed by atoms with Crippen LogP contribution in [0.15, 0.2) is 65.1 Å². The third kappa shape index (κ3) is 5.90. The summed E-state index contributed by atoms with van der Waals surface area (Å²) in [5.41, 5.74) is 2.69. The molecule has 30 heavy (non-hydrogen) atoms. The topological polar surface area (TPSA) is 60.5 Å². The smallest absolute Gasteiger partial charge is 0.257 e. The van der Waals surface area contributed by atoms with Gasteiger partial charge < -0.3 is 14.8 Å². The summed E-state index contributed by atoms with van der Waals surface area (Å²) in [7, 11) is 0. The van der Waals surface area contributed by atoms with Gasteiger partial charge in [-0.2, -0.15) is 0 Å². The summed E-state index contributed by atoms with van der Waals surface area (Å²) in [4.78, 5) is 17.2. The first-order valence-corrected chi connectivity index (χ1v) is 10.6. The summed E-state index contributed by atoms with van der Waals surface area (Å²) in [6, 6.07) is 18.5. The third-order valence-corrected chi connectivity index (χ3v) is 4.93. The van der Waals surface area contributed by atoms with Crippen LogP contribution in [0.2, 0.25) is 0 Å². The Hall–Kier alpha value is -2.70. The number of rotatable bonds is 7. The SMILES string of the molecule is Cc1nc(C(C)OC(C)C)ccc1C(=O)Nc1ccc(Oc2ccc(Br)cc2)cc1. The highest BCUT2D eigenvalue weighted by atomic mass is 79.9. The summed E-state index contributed by atoms with van der Waals surface area (Å²) in [5, 5.41) is 2.91. The molecule has 0 radical (unpaired) electrons. The van der Waals surface area contributed by atoms with E-state index in [4.69, 9.17) is 9.47 Å². The maximum absolute atomic E-state index is 12.7. The molecule has 0 aliphatic rings. The van der Waals surface area contributed by atoms with E-state index in [0.717, 1.165) is 15.9 Å². The quantitative estimate of drug-likeness (QED) is 0.419. The van der Waals surface area contributed by atoms with Gasteiger partial charge in [0.15, 0.2) is 0 Å². The molecule has 5 nitrogen and oxygen atoms in total. The number of aromatic nitrogens is 1. The van der Waals surface area contributed by atoms with Crippen LogP contribution in [0, 0.1) is 6.92 Å². The number of hydrogen-bond donors (Lipinski definition) is 1. The molecule has 0 saturated carbocycles. The van der Waals surface area contributed by atoms with Crippen LogP contribution < -0.4 is 10.1 Å². The van der Waals surface area contributed by atoms with Gasteiger partial charge in [-0.3, -0.25) is 9.78 Å². The lowest BCUT2D eigenvalue weighted by atomic mass is 10.1. The van der Waals surface area contributed by atoms with Crippen molar-refractivity contribution in [3.8, 4) is 11.5 Å². The highest BCUT2D eigenvalue weighted by Crippen LogP contribution is 2.25. The fraction of sp³-hybridized carbons (Fsp3) is 0.250. The summed E-state index contributed by atoms with van der Waals surface area (Å²) < 4.78 is 12.6. The van der Waals surface area contributed by atoms with Crippen molar-refractivity contribution >= 4 is 27.5 Å². The van der Waals surface area contributed by atoms with Gasteiger partial charge in [0.2, 0.25) is 0 Å². The Morgan fingerprint density at radius 2 is 1.53 bits per heavy atom. The third-order valence-electron chi connectivity index (χ3n) is 4.41. The molecule has 1 unspecified atom stereocenters. The number of nitrogens with zero attached hydrogens (tertiary/aromatic N) is 1. The number of ether oxygens (including phenoxy) is 2. The minimum absolute atomic E-state index is 0.112. The van der Waals surface area contributed by atoms with Crippen molar-refractivity contribution in [1.82, 2.24) is 4.98 Å². The molecule has 0 aliphatic carbocycles. The van der Waals surface area contributed by atoms with Crippen LogP contribution in [0.5, 0.6) is 11.5 Å². The van der Waals surface area contributed by atoms with E-state index in [0.29, 0.717) is 22.7 Å². The average Bonchev–Trinajstić information content (AvgIpc) is 2.70. The molecular weight excluding hydrogens is 444 g/mol. The van der Waals surface area contributed by atoms with E-state index in [1.165, 1.54) is 0 Å². The van der Waals surface area contributed by atoms with E-state index in [9.17, 15) is 4.79 Å². The largest absolute Gasteiger partial charge is 0.457 e. The molecule has 0 fully saturated rings. The van der Waals surface area contributed by atoms with Gasteiger partial charge in [0.1, 0.15) is 11.5 Å². The number of nitrogens with one attached hydrogen (secondary N) is 1. The van der Waals surface area contributed by atoms with Crippen LogP contribution >= 0.6 is 15.9 Å². The maximum atomic E-state index is 12.7. The van der Waals surface area contributed by atoms with Gasteiger partial charge in [-0.05, 0) is 88.4 Å². The molecule has 0 spiro atoms. The Morgan fingerprint density at radius 3 is 2.10 bits per heavy atom. The average molecular weight is 469 g/mol. The first kappa shape index (κ1) is 22.0. The maximum Gasteiger partial charge on any atom is 0.257 e. The molecular formula is C24H25BrN2O3. The summed E-state index contributed by atoms with van der Waals surface area (Å²) in [6.07, 6.45) is -0.0140. The molecule has 156 valence electrons. The predicted octanol–water partition coefficient (Wildman–Crippen LogP) is 6.68. The zero-order valence-electron chi connectivity index (χ0n) is 17.5. The molecule has 1 atom stereocenters.